The van der Waals surface area contributed by atoms with Crippen LogP contribution in [-0.2, 0) is 0 Å². The van der Waals surface area contributed by atoms with E-state index in [1.807, 2.05) is 0 Å². The number of hydrogen-bond donors (Lipinski definition) is 2. The number of benzene rings is 1. The van der Waals surface area contributed by atoms with Crippen LogP contribution in [0.5, 0.6) is 0 Å². The fourth-order valence-electron chi connectivity index (χ4n) is 2.75. The zero-order valence-electron chi connectivity index (χ0n) is 11.1. The molecule has 1 aliphatic rings. The van der Waals surface area contributed by atoms with Crippen LogP contribution in [0.25, 0.3) is 11.3 Å². The number of nitrogens with two attached hydrogens (primary N) is 1. The second kappa shape index (κ2) is 5.54. The summed E-state index contributed by atoms with van der Waals surface area (Å²) in [7, 11) is 0. The summed E-state index contributed by atoms with van der Waals surface area (Å²) in [4.78, 5) is 7.79. The molecule has 0 radical (unpaired) electrons. The average molecular weight is 294 g/mol. The van der Waals surface area contributed by atoms with Crippen molar-refractivity contribution in [2.24, 2.45) is 5.73 Å². The summed E-state index contributed by atoms with van der Waals surface area (Å²) in [5.74, 6) is 1.03. The Labute approximate surface area is 122 Å². The van der Waals surface area contributed by atoms with E-state index >= 15 is 0 Å². The molecule has 0 atom stereocenters. The zero-order chi connectivity index (χ0) is 14.1. The summed E-state index contributed by atoms with van der Waals surface area (Å²) >= 11 is 5.81. The first-order valence-corrected chi connectivity index (χ1v) is 7.27. The molecule has 20 heavy (non-hydrogen) atoms. The molecule has 5 heteroatoms. The summed E-state index contributed by atoms with van der Waals surface area (Å²) in [6.45, 7) is 0. The van der Waals surface area contributed by atoms with Gasteiger partial charge in [-0.1, -0.05) is 11.6 Å². The van der Waals surface area contributed by atoms with Crippen molar-refractivity contribution in [2.75, 3.05) is 0 Å². The highest BCUT2D eigenvalue weighted by molar-refractivity contribution is 6.31. The monoisotopic (exact) mass is 293 g/mol. The third-order valence-electron chi connectivity index (χ3n) is 3.98. The van der Waals surface area contributed by atoms with Gasteiger partial charge in [-0.3, -0.25) is 0 Å². The largest absolute Gasteiger partial charge is 0.342 e. The van der Waals surface area contributed by atoms with Gasteiger partial charge in [0.1, 0.15) is 11.6 Å². The molecule has 3 nitrogen and oxygen atoms in total. The molecular formula is C15H17ClFN3. The maximum atomic E-state index is 13.2. The van der Waals surface area contributed by atoms with Gasteiger partial charge in [-0.25, -0.2) is 9.37 Å². The third kappa shape index (κ3) is 2.72. The molecule has 0 aliphatic heterocycles. The highest BCUT2D eigenvalue weighted by atomic mass is 35.5. The summed E-state index contributed by atoms with van der Waals surface area (Å²) in [6, 6.07) is 5.02. The van der Waals surface area contributed by atoms with E-state index in [-0.39, 0.29) is 5.02 Å². The number of nitrogens with one attached hydrogen (secondary N) is 1. The highest BCUT2D eigenvalue weighted by Crippen LogP contribution is 2.32. The fourth-order valence-corrected chi connectivity index (χ4v) is 2.93. The van der Waals surface area contributed by atoms with Crippen LogP contribution in [0, 0.1) is 5.82 Å². The molecule has 1 heterocycles. The van der Waals surface area contributed by atoms with Gasteiger partial charge in [0, 0.05) is 17.5 Å². The number of aromatic amines is 1. The lowest BCUT2D eigenvalue weighted by Crippen LogP contribution is -2.26. The molecule has 1 aromatic heterocycles. The summed E-state index contributed by atoms with van der Waals surface area (Å²) in [6.07, 6.45) is 6.01. The van der Waals surface area contributed by atoms with Crippen LogP contribution in [0.4, 0.5) is 4.39 Å². The summed E-state index contributed by atoms with van der Waals surface area (Å²) < 4.78 is 13.2. The van der Waals surface area contributed by atoms with E-state index in [1.165, 1.54) is 6.07 Å². The molecule has 106 valence electrons. The van der Waals surface area contributed by atoms with Crippen molar-refractivity contribution in [1.29, 1.82) is 0 Å². The maximum Gasteiger partial charge on any atom is 0.141 e. The van der Waals surface area contributed by atoms with Crippen molar-refractivity contribution in [3.63, 3.8) is 0 Å². The smallest absolute Gasteiger partial charge is 0.141 e. The lowest BCUT2D eigenvalue weighted by atomic mass is 9.86. The second-order valence-electron chi connectivity index (χ2n) is 5.42. The van der Waals surface area contributed by atoms with Gasteiger partial charge >= 0.3 is 0 Å². The van der Waals surface area contributed by atoms with Gasteiger partial charge in [-0.2, -0.15) is 0 Å². The van der Waals surface area contributed by atoms with Gasteiger partial charge < -0.3 is 10.7 Å². The van der Waals surface area contributed by atoms with Gasteiger partial charge in [-0.15, -0.1) is 0 Å². The SMILES string of the molecule is NC1CCC(c2ncc(-c3ccc(F)c(Cl)c3)[nH]2)CC1. The Morgan fingerprint density at radius 2 is 2.00 bits per heavy atom. The molecule has 0 unspecified atom stereocenters. The van der Waals surface area contributed by atoms with Crippen molar-refractivity contribution in [1.82, 2.24) is 9.97 Å². The fraction of sp³-hybridized carbons (Fsp3) is 0.400. The average Bonchev–Trinajstić information content (AvgIpc) is 2.92. The van der Waals surface area contributed by atoms with Gasteiger partial charge in [-0.05, 0) is 43.9 Å². The minimum Gasteiger partial charge on any atom is -0.342 e. The first kappa shape index (κ1) is 13.6. The molecule has 0 amide bonds. The van der Waals surface area contributed by atoms with Gasteiger partial charge in [0.15, 0.2) is 0 Å². The molecule has 1 saturated carbocycles. The second-order valence-corrected chi connectivity index (χ2v) is 5.83. The van der Waals surface area contributed by atoms with E-state index in [0.717, 1.165) is 42.8 Å². The normalized spacial score (nSPS) is 22.9. The van der Waals surface area contributed by atoms with Crippen LogP contribution in [0.15, 0.2) is 24.4 Å². The lowest BCUT2D eigenvalue weighted by molar-refractivity contribution is 0.386. The standard InChI is InChI=1S/C15H17ClFN3/c16-12-7-10(3-6-13(12)17)14-8-19-15(20-14)9-1-4-11(18)5-2-9/h3,6-9,11H,1-2,4-5,18H2,(H,19,20). The van der Waals surface area contributed by atoms with E-state index in [1.54, 1.807) is 18.3 Å². The number of H-pyrrole nitrogens is 1. The van der Waals surface area contributed by atoms with Crippen LogP contribution in [-0.4, -0.2) is 16.0 Å². The van der Waals surface area contributed by atoms with E-state index in [4.69, 9.17) is 17.3 Å². The van der Waals surface area contributed by atoms with E-state index in [0.29, 0.717) is 12.0 Å². The maximum absolute atomic E-state index is 13.2. The van der Waals surface area contributed by atoms with Crippen molar-refractivity contribution >= 4 is 11.6 Å². The number of nitrogens with zero attached hydrogens (tertiary/aromatic N) is 1. The number of rotatable bonds is 2. The zero-order valence-corrected chi connectivity index (χ0v) is 11.8. The Kier molecular flexibility index (Phi) is 3.76. The molecule has 0 saturated heterocycles. The number of hydrogen-bond acceptors (Lipinski definition) is 2. The Bertz CT molecular complexity index is 603. The van der Waals surface area contributed by atoms with Crippen LogP contribution in [0.2, 0.25) is 5.02 Å². The van der Waals surface area contributed by atoms with E-state index in [2.05, 4.69) is 9.97 Å². The molecule has 3 N–H and O–H groups in total. The van der Waals surface area contributed by atoms with Gasteiger partial charge in [0.25, 0.3) is 0 Å². The first-order valence-electron chi connectivity index (χ1n) is 6.89. The Morgan fingerprint density at radius 3 is 2.70 bits per heavy atom. The number of halogens is 2. The Hall–Kier alpha value is -1.39. The van der Waals surface area contributed by atoms with Crippen molar-refractivity contribution in [3.8, 4) is 11.3 Å². The molecule has 1 fully saturated rings. The molecular weight excluding hydrogens is 277 g/mol. The van der Waals surface area contributed by atoms with Crippen LogP contribution >= 0.6 is 11.6 Å². The minimum absolute atomic E-state index is 0.127. The van der Waals surface area contributed by atoms with Gasteiger partial charge in [0.05, 0.1) is 16.9 Å². The quantitative estimate of drug-likeness (QED) is 0.883. The van der Waals surface area contributed by atoms with Crippen LogP contribution in [0.3, 0.4) is 0 Å². The molecule has 0 bridgehead atoms. The van der Waals surface area contributed by atoms with E-state index in [9.17, 15) is 4.39 Å². The molecule has 0 spiro atoms. The summed E-state index contributed by atoms with van der Waals surface area (Å²) in [5, 5.41) is 0.127. The van der Waals surface area contributed by atoms with E-state index < -0.39 is 5.82 Å². The molecule has 1 aliphatic carbocycles. The predicted octanol–water partition coefficient (Wildman–Crippen LogP) is 3.85. The van der Waals surface area contributed by atoms with Crippen molar-refractivity contribution < 1.29 is 4.39 Å². The molecule has 3 rings (SSSR count). The topological polar surface area (TPSA) is 54.7 Å². The van der Waals surface area contributed by atoms with Crippen molar-refractivity contribution in [2.45, 2.75) is 37.6 Å². The third-order valence-corrected chi connectivity index (χ3v) is 4.27. The van der Waals surface area contributed by atoms with Crippen LogP contribution in [0.1, 0.15) is 37.4 Å². The first-order chi connectivity index (χ1) is 9.63. The van der Waals surface area contributed by atoms with Crippen molar-refractivity contribution in [3.05, 3.63) is 41.1 Å². The minimum atomic E-state index is -0.406. The van der Waals surface area contributed by atoms with Crippen LogP contribution < -0.4 is 5.73 Å². The molecule has 2 aromatic rings. The lowest BCUT2D eigenvalue weighted by Gasteiger charge is -2.24. The Balaban J connectivity index is 1.81. The van der Waals surface area contributed by atoms with Gasteiger partial charge in [0.2, 0.25) is 0 Å². The number of imidazole rings is 1. The number of aromatic nitrogens is 2. The highest BCUT2D eigenvalue weighted by Gasteiger charge is 2.22. The predicted molar refractivity (Wildman–Crippen MR) is 78.2 cm³/mol. The molecule has 1 aromatic carbocycles. The Morgan fingerprint density at radius 1 is 1.25 bits per heavy atom. The summed E-state index contributed by atoms with van der Waals surface area (Å²) in [5.41, 5.74) is 7.64.